The number of anilines is 3. The summed E-state index contributed by atoms with van der Waals surface area (Å²) in [5, 5.41) is 6.01. The van der Waals surface area contributed by atoms with Crippen LogP contribution in [-0.4, -0.2) is 63.6 Å². The van der Waals surface area contributed by atoms with Gasteiger partial charge in [0.2, 0.25) is 0 Å². The van der Waals surface area contributed by atoms with Crippen molar-refractivity contribution in [3.8, 4) is 5.75 Å². The zero-order chi connectivity index (χ0) is 22.9. The van der Waals surface area contributed by atoms with E-state index in [0.717, 1.165) is 42.7 Å². The van der Waals surface area contributed by atoms with Crippen LogP contribution in [0, 0.1) is 0 Å². The maximum atomic E-state index is 12.7. The highest BCUT2D eigenvalue weighted by atomic mass is 32.1. The molecule has 174 valence electrons. The summed E-state index contributed by atoms with van der Waals surface area (Å²) in [6.45, 7) is 3.87. The number of amides is 1. The number of aromatic nitrogens is 1. The standard InChI is InChI=1S/C24H27FN4O3S/c25-8-14-31-15-16-32-22-3-1-2-19(18-22)23(30)27-20-4-6-21(7-5-20)28-10-12-29(13-11-28)24-26-9-17-33-24/h1-7,9,17-18H,8,10-16H2,(H,27,30). The van der Waals surface area contributed by atoms with E-state index in [0.29, 0.717) is 24.5 Å². The number of alkyl halides is 1. The molecule has 0 aliphatic carbocycles. The van der Waals surface area contributed by atoms with Crippen molar-refractivity contribution in [3.63, 3.8) is 0 Å². The molecule has 1 fully saturated rings. The van der Waals surface area contributed by atoms with Crippen LogP contribution in [-0.2, 0) is 4.74 Å². The number of thiazole rings is 1. The van der Waals surface area contributed by atoms with Crippen molar-refractivity contribution in [1.29, 1.82) is 0 Å². The molecular weight excluding hydrogens is 443 g/mol. The Morgan fingerprint density at radius 3 is 2.55 bits per heavy atom. The molecule has 0 atom stereocenters. The van der Waals surface area contributed by atoms with Gasteiger partial charge in [-0.1, -0.05) is 6.07 Å². The van der Waals surface area contributed by atoms with Crippen molar-refractivity contribution in [1.82, 2.24) is 4.98 Å². The van der Waals surface area contributed by atoms with Crippen molar-refractivity contribution in [3.05, 3.63) is 65.7 Å². The van der Waals surface area contributed by atoms with Crippen molar-refractivity contribution in [2.45, 2.75) is 0 Å². The summed E-state index contributed by atoms with van der Waals surface area (Å²) in [5.41, 5.74) is 2.37. The van der Waals surface area contributed by atoms with Crippen molar-refractivity contribution in [2.24, 2.45) is 0 Å². The van der Waals surface area contributed by atoms with Crippen molar-refractivity contribution >= 4 is 33.8 Å². The first-order valence-corrected chi connectivity index (χ1v) is 11.8. The summed E-state index contributed by atoms with van der Waals surface area (Å²) in [5.74, 6) is 0.359. The summed E-state index contributed by atoms with van der Waals surface area (Å²) >= 11 is 1.67. The summed E-state index contributed by atoms with van der Waals surface area (Å²) in [6.07, 6.45) is 1.84. The number of carbonyl (C=O) groups is 1. The lowest BCUT2D eigenvalue weighted by molar-refractivity contribution is 0.0896. The van der Waals surface area contributed by atoms with Gasteiger partial charge >= 0.3 is 0 Å². The van der Waals surface area contributed by atoms with Gasteiger partial charge in [-0.05, 0) is 42.5 Å². The van der Waals surface area contributed by atoms with Crippen LogP contribution < -0.4 is 19.9 Å². The Hall–Kier alpha value is -3.17. The fraction of sp³-hybridized carbons (Fsp3) is 0.333. The Kier molecular flexibility index (Phi) is 8.10. The highest BCUT2D eigenvalue weighted by Gasteiger charge is 2.19. The molecule has 1 N–H and O–H groups in total. The minimum Gasteiger partial charge on any atom is -0.491 e. The number of carbonyl (C=O) groups excluding carboxylic acids is 1. The molecule has 0 saturated carbocycles. The van der Waals surface area contributed by atoms with Crippen LogP contribution in [0.4, 0.5) is 20.9 Å². The molecule has 33 heavy (non-hydrogen) atoms. The van der Waals surface area contributed by atoms with E-state index in [1.165, 1.54) is 0 Å². The highest BCUT2D eigenvalue weighted by Crippen LogP contribution is 2.24. The predicted molar refractivity (Wildman–Crippen MR) is 130 cm³/mol. The molecule has 1 aliphatic heterocycles. The number of hydrogen-bond acceptors (Lipinski definition) is 7. The predicted octanol–water partition coefficient (Wildman–Crippen LogP) is 4.09. The summed E-state index contributed by atoms with van der Waals surface area (Å²) in [4.78, 5) is 21.7. The van der Waals surface area contributed by atoms with E-state index in [-0.39, 0.29) is 12.5 Å². The van der Waals surface area contributed by atoms with Crippen LogP contribution in [0.3, 0.4) is 0 Å². The van der Waals surface area contributed by atoms with Gasteiger partial charge in [0, 0.05) is 54.7 Å². The van der Waals surface area contributed by atoms with Gasteiger partial charge in [-0.3, -0.25) is 4.79 Å². The monoisotopic (exact) mass is 470 g/mol. The van der Waals surface area contributed by atoms with Crippen LogP contribution >= 0.6 is 11.3 Å². The van der Waals surface area contributed by atoms with E-state index in [1.54, 1.807) is 35.6 Å². The number of hydrogen-bond donors (Lipinski definition) is 1. The molecule has 1 aliphatic rings. The Morgan fingerprint density at radius 1 is 1.03 bits per heavy atom. The number of piperazine rings is 1. The molecule has 3 aromatic rings. The molecule has 9 heteroatoms. The van der Waals surface area contributed by atoms with Gasteiger partial charge in [-0.25, -0.2) is 9.37 Å². The average molecular weight is 471 g/mol. The van der Waals surface area contributed by atoms with Gasteiger partial charge in [-0.15, -0.1) is 11.3 Å². The summed E-state index contributed by atoms with van der Waals surface area (Å²) in [6, 6.07) is 14.9. The lowest BCUT2D eigenvalue weighted by atomic mass is 10.2. The zero-order valence-corrected chi connectivity index (χ0v) is 19.1. The third-order valence-corrected chi connectivity index (χ3v) is 6.11. The largest absolute Gasteiger partial charge is 0.491 e. The number of halogens is 1. The molecule has 0 unspecified atom stereocenters. The highest BCUT2D eigenvalue weighted by molar-refractivity contribution is 7.13. The van der Waals surface area contributed by atoms with E-state index in [9.17, 15) is 9.18 Å². The van der Waals surface area contributed by atoms with E-state index in [4.69, 9.17) is 9.47 Å². The molecule has 0 bridgehead atoms. The Morgan fingerprint density at radius 2 is 1.82 bits per heavy atom. The number of nitrogens with zero attached hydrogens (tertiary/aromatic N) is 3. The third kappa shape index (κ3) is 6.43. The van der Waals surface area contributed by atoms with Gasteiger partial charge in [0.25, 0.3) is 5.91 Å². The maximum Gasteiger partial charge on any atom is 0.255 e. The second-order valence-corrected chi connectivity index (χ2v) is 8.34. The topological polar surface area (TPSA) is 66.9 Å². The van der Waals surface area contributed by atoms with Gasteiger partial charge in [0.15, 0.2) is 5.13 Å². The first-order valence-electron chi connectivity index (χ1n) is 10.9. The minimum absolute atomic E-state index is 0.0629. The first kappa shape index (κ1) is 23.0. The second kappa shape index (κ2) is 11.6. The molecule has 1 amide bonds. The number of nitrogens with one attached hydrogen (secondary N) is 1. The minimum atomic E-state index is -0.513. The molecule has 2 aromatic carbocycles. The van der Waals surface area contributed by atoms with E-state index < -0.39 is 6.67 Å². The SMILES string of the molecule is O=C(Nc1ccc(N2CCN(c3nccs3)CC2)cc1)c1cccc(OCCOCCF)c1. The normalized spacial score (nSPS) is 13.7. The van der Waals surface area contributed by atoms with Crippen LogP contribution in [0.2, 0.25) is 0 Å². The molecule has 0 spiro atoms. The molecular formula is C24H27FN4O3S. The lowest BCUT2D eigenvalue weighted by Gasteiger charge is -2.36. The fourth-order valence-corrected chi connectivity index (χ4v) is 4.29. The molecule has 2 heterocycles. The van der Waals surface area contributed by atoms with Crippen LogP contribution in [0.25, 0.3) is 0 Å². The number of benzene rings is 2. The summed E-state index contributed by atoms with van der Waals surface area (Å²) < 4.78 is 22.6. The van der Waals surface area contributed by atoms with E-state index in [1.807, 2.05) is 35.8 Å². The van der Waals surface area contributed by atoms with E-state index in [2.05, 4.69) is 20.1 Å². The lowest BCUT2D eigenvalue weighted by Crippen LogP contribution is -2.46. The third-order valence-electron chi connectivity index (χ3n) is 5.27. The van der Waals surface area contributed by atoms with E-state index >= 15 is 0 Å². The summed E-state index contributed by atoms with van der Waals surface area (Å²) in [7, 11) is 0. The van der Waals surface area contributed by atoms with Gasteiger partial charge < -0.3 is 24.6 Å². The van der Waals surface area contributed by atoms with Crippen LogP contribution in [0.1, 0.15) is 10.4 Å². The molecule has 1 saturated heterocycles. The van der Waals surface area contributed by atoms with Crippen molar-refractivity contribution in [2.75, 3.05) is 67.8 Å². The Bertz CT molecular complexity index is 1010. The second-order valence-electron chi connectivity index (χ2n) is 7.47. The van der Waals surface area contributed by atoms with Gasteiger partial charge in [0.05, 0.1) is 13.2 Å². The Labute approximate surface area is 196 Å². The molecule has 7 nitrogen and oxygen atoms in total. The quantitative estimate of drug-likeness (QED) is 0.451. The van der Waals surface area contributed by atoms with Crippen molar-refractivity contribution < 1.29 is 18.7 Å². The molecule has 0 radical (unpaired) electrons. The fourth-order valence-electron chi connectivity index (χ4n) is 3.59. The zero-order valence-electron chi connectivity index (χ0n) is 18.3. The van der Waals surface area contributed by atoms with Crippen LogP contribution in [0.5, 0.6) is 5.75 Å². The maximum absolute atomic E-state index is 12.7. The van der Waals surface area contributed by atoms with Crippen LogP contribution in [0.15, 0.2) is 60.1 Å². The average Bonchev–Trinajstić information content (AvgIpc) is 3.40. The molecule has 4 rings (SSSR count). The Balaban J connectivity index is 1.27. The molecule has 1 aromatic heterocycles. The first-order chi connectivity index (χ1) is 16.2. The number of ether oxygens (including phenoxy) is 2. The smallest absolute Gasteiger partial charge is 0.255 e. The van der Waals surface area contributed by atoms with Gasteiger partial charge in [0.1, 0.15) is 19.0 Å². The van der Waals surface area contributed by atoms with Gasteiger partial charge in [-0.2, -0.15) is 0 Å². The number of rotatable bonds is 10.